The number of hydrogen-bond acceptors (Lipinski definition) is 12. The predicted molar refractivity (Wildman–Crippen MR) is 354 cm³/mol. The van der Waals surface area contributed by atoms with E-state index in [1.165, 1.54) is 249 Å². The van der Waals surface area contributed by atoms with Crippen LogP contribution in [0.1, 0.15) is 257 Å². The van der Waals surface area contributed by atoms with Gasteiger partial charge in [0.25, 0.3) is 0 Å². The van der Waals surface area contributed by atoms with E-state index in [1.807, 2.05) is 0 Å². The van der Waals surface area contributed by atoms with Crippen LogP contribution in [0.15, 0.2) is 0 Å². The molecule has 16 aliphatic rings. The molecule has 0 nitrogen and oxygen atoms in total. The summed E-state index contributed by atoms with van der Waals surface area (Å²) in [6, 6.07) is 0. The van der Waals surface area contributed by atoms with Crippen LogP contribution in [-0.4, -0.2) is 69.0 Å². The number of rotatable bonds is 0. The van der Waals surface area contributed by atoms with E-state index in [9.17, 15) is 0 Å². The fourth-order valence-electron chi connectivity index (χ4n) is 16.3. The van der Waals surface area contributed by atoms with E-state index in [2.05, 4.69) is 130 Å². The third-order valence-corrected chi connectivity index (χ3v) is 38.5. The van der Waals surface area contributed by atoms with Crippen LogP contribution in [0.2, 0.25) is 0 Å². The standard InChI is InChI=1S/3C9H16.4C7H12S2.C5H8S4/c3*1-2-6-9(5-1)7-3-4-8-9;4*1-2-4-7(3-1)5-8-9-6-7;1-5(2-7-6-1)3-8-9-4-5/h3*1-8H2;4*1-6H2;1-4H2. The molecular formula is C60H104S12. The molecule has 0 aromatic rings. The summed E-state index contributed by atoms with van der Waals surface area (Å²) in [4.78, 5) is 0. The summed E-state index contributed by atoms with van der Waals surface area (Å²) >= 11 is 0. The van der Waals surface area contributed by atoms with Gasteiger partial charge in [-0.2, -0.15) is 0 Å². The summed E-state index contributed by atoms with van der Waals surface area (Å²) in [7, 11) is 24.9. The maximum absolute atomic E-state index is 2.09. The molecule has 416 valence electrons. The Kier molecular flexibility index (Phi) is 25.9. The Balaban J connectivity index is 0.000000102. The van der Waals surface area contributed by atoms with Crippen molar-refractivity contribution in [3.63, 3.8) is 0 Å². The Morgan fingerprint density at radius 2 is 0.208 bits per heavy atom. The highest BCUT2D eigenvalue weighted by Gasteiger charge is 2.42. The molecule has 6 heterocycles. The molecule has 72 heavy (non-hydrogen) atoms. The zero-order valence-electron chi connectivity index (χ0n) is 45.7. The Morgan fingerprint density at radius 1 is 0.111 bits per heavy atom. The van der Waals surface area contributed by atoms with E-state index in [0.717, 1.165) is 43.3 Å². The van der Waals surface area contributed by atoms with Crippen molar-refractivity contribution in [1.29, 1.82) is 0 Å². The van der Waals surface area contributed by atoms with Crippen LogP contribution < -0.4 is 0 Å². The molecule has 12 heteroatoms. The second-order valence-corrected chi connectivity index (χ2v) is 42.0. The van der Waals surface area contributed by atoms with Gasteiger partial charge in [0.2, 0.25) is 0 Å². The van der Waals surface area contributed by atoms with Crippen LogP contribution in [0, 0.1) is 43.3 Å². The zero-order chi connectivity index (χ0) is 49.3. The van der Waals surface area contributed by atoms with Gasteiger partial charge in [0, 0.05) is 74.4 Å². The van der Waals surface area contributed by atoms with Crippen LogP contribution >= 0.6 is 130 Å². The second kappa shape index (κ2) is 30.7. The summed E-state index contributed by atoms with van der Waals surface area (Å²) in [5.41, 5.74) is 6.67. The molecule has 0 bridgehead atoms. The normalized spacial score (nSPS) is 32.0. The highest BCUT2D eigenvalue weighted by Crippen LogP contribution is 2.57. The molecule has 0 atom stereocenters. The Hall–Kier alpha value is 4.20. The number of hydrogen-bond donors (Lipinski definition) is 0. The fourth-order valence-corrected chi connectivity index (χ4v) is 38.0. The summed E-state index contributed by atoms with van der Waals surface area (Å²) in [6.45, 7) is 0. The fraction of sp³-hybridized carbons (Fsp3) is 1.00. The van der Waals surface area contributed by atoms with Gasteiger partial charge < -0.3 is 0 Å². The SMILES string of the molecule is C1CCC2(C1)CCCC2.C1CCC2(C1)CCCC2.C1CCC2(C1)CCCC2.C1CCC2(C1)CSSC2.C1CCC2(C1)CSSC2.C1CCC2(C1)CSSC2.C1CCC2(C1)CSSC2.C1SSCC12CSSC2. The van der Waals surface area contributed by atoms with Gasteiger partial charge in [-0.05, 0) is 166 Å². The molecule has 0 N–H and O–H groups in total. The maximum atomic E-state index is 2.09. The van der Waals surface area contributed by atoms with Gasteiger partial charge in [-0.1, -0.05) is 258 Å². The zero-order valence-corrected chi connectivity index (χ0v) is 55.5. The molecule has 0 aromatic heterocycles. The molecule has 10 aliphatic carbocycles. The van der Waals surface area contributed by atoms with Gasteiger partial charge in [-0.15, -0.1) is 0 Å². The van der Waals surface area contributed by atoms with Gasteiger partial charge in [0.15, 0.2) is 0 Å². The smallest absolute Gasteiger partial charge is 0.0118 e. The molecular weight excluding hydrogens is 1110 g/mol. The van der Waals surface area contributed by atoms with E-state index >= 15 is 0 Å². The lowest BCUT2D eigenvalue weighted by Crippen LogP contribution is -2.24. The van der Waals surface area contributed by atoms with E-state index in [-0.39, 0.29) is 0 Å². The Morgan fingerprint density at radius 3 is 0.333 bits per heavy atom. The van der Waals surface area contributed by atoms with Gasteiger partial charge in [0.05, 0.1) is 0 Å². The first kappa shape index (κ1) is 60.8. The lowest BCUT2D eigenvalue weighted by Gasteiger charge is -2.20. The van der Waals surface area contributed by atoms with Gasteiger partial charge >= 0.3 is 0 Å². The molecule has 6 saturated heterocycles. The highest BCUT2D eigenvalue weighted by molar-refractivity contribution is 8.79. The van der Waals surface area contributed by atoms with Crippen LogP contribution in [0.3, 0.4) is 0 Å². The minimum Gasteiger partial charge on any atom is -0.0935 e. The molecule has 10 saturated carbocycles. The first-order valence-corrected chi connectivity index (χ1v) is 45.7. The van der Waals surface area contributed by atoms with Crippen molar-refractivity contribution in [2.45, 2.75) is 257 Å². The summed E-state index contributed by atoms with van der Waals surface area (Å²) in [5, 5.41) is 0. The quantitative estimate of drug-likeness (QED) is 0.212. The molecule has 16 fully saturated rings. The minimum absolute atomic E-state index is 0.741. The van der Waals surface area contributed by atoms with Crippen molar-refractivity contribution in [3.05, 3.63) is 0 Å². The summed E-state index contributed by atoms with van der Waals surface area (Å²) in [5.74, 6) is 17.1. The van der Waals surface area contributed by atoms with E-state index < -0.39 is 0 Å². The largest absolute Gasteiger partial charge is 0.0935 e. The van der Waals surface area contributed by atoms with Gasteiger partial charge in [-0.25, -0.2) is 0 Å². The van der Waals surface area contributed by atoms with Crippen LogP contribution in [0.4, 0.5) is 0 Å². The third-order valence-electron chi connectivity index (χ3n) is 21.5. The first-order chi connectivity index (χ1) is 35.3. The topological polar surface area (TPSA) is 0 Å². The van der Waals surface area contributed by atoms with Crippen molar-refractivity contribution in [3.8, 4) is 0 Å². The van der Waals surface area contributed by atoms with Crippen molar-refractivity contribution in [2.75, 3.05) is 69.0 Å². The van der Waals surface area contributed by atoms with Crippen molar-refractivity contribution >= 4 is 130 Å². The van der Waals surface area contributed by atoms with E-state index in [0.29, 0.717) is 0 Å². The van der Waals surface area contributed by atoms with E-state index in [1.54, 1.807) is 77.0 Å². The lowest BCUT2D eigenvalue weighted by molar-refractivity contribution is 0.309. The second-order valence-electron chi connectivity index (χ2n) is 27.2. The van der Waals surface area contributed by atoms with Gasteiger partial charge in [0.1, 0.15) is 0 Å². The van der Waals surface area contributed by atoms with Gasteiger partial charge in [-0.3, -0.25) is 0 Å². The van der Waals surface area contributed by atoms with Crippen molar-refractivity contribution in [1.82, 2.24) is 0 Å². The van der Waals surface area contributed by atoms with Crippen LogP contribution in [0.25, 0.3) is 0 Å². The Bertz CT molecular complexity index is 984. The first-order valence-electron chi connectivity index (χ1n) is 30.8. The average Bonchev–Trinajstić information content (AvgIpc) is 4.25. The predicted octanol–water partition coefficient (Wildman–Crippen LogP) is 23.9. The van der Waals surface area contributed by atoms with Crippen molar-refractivity contribution in [2.24, 2.45) is 43.3 Å². The monoisotopic (exact) mass is 1210 g/mol. The maximum Gasteiger partial charge on any atom is 0.0118 e. The minimum atomic E-state index is 0.741. The molecule has 8 spiro atoms. The Labute approximate surface area is 493 Å². The molecule has 0 unspecified atom stereocenters. The summed E-state index contributed by atoms with van der Waals surface area (Å²) in [6.07, 6.45) is 61.3. The third kappa shape index (κ3) is 18.1. The molecule has 0 aromatic carbocycles. The summed E-state index contributed by atoms with van der Waals surface area (Å²) < 4.78 is 0. The lowest BCUT2D eigenvalue weighted by atomic mass is 9.85. The average molecular weight is 1210 g/mol. The highest BCUT2D eigenvalue weighted by atomic mass is 33.1. The molecule has 16 rings (SSSR count). The van der Waals surface area contributed by atoms with Crippen LogP contribution in [0.5, 0.6) is 0 Å². The van der Waals surface area contributed by atoms with Crippen LogP contribution in [-0.2, 0) is 0 Å². The van der Waals surface area contributed by atoms with E-state index in [4.69, 9.17) is 0 Å². The van der Waals surface area contributed by atoms with Crippen molar-refractivity contribution < 1.29 is 0 Å². The molecule has 0 radical (unpaired) electrons. The molecule has 6 aliphatic heterocycles. The molecule has 0 amide bonds.